The van der Waals surface area contributed by atoms with Crippen LogP contribution in [0.3, 0.4) is 0 Å². The minimum absolute atomic E-state index is 0.149. The molecule has 0 aromatic rings. The first-order chi connectivity index (χ1) is 4.67. The Labute approximate surface area is 69.6 Å². The lowest BCUT2D eigenvalue weighted by Crippen LogP contribution is -2.48. The highest BCUT2D eigenvalue weighted by Gasteiger charge is 2.36. The second kappa shape index (κ2) is 3.11. The molecule has 0 spiro atoms. The van der Waals surface area contributed by atoms with Crippen LogP contribution >= 0.6 is 0 Å². The second-order valence-corrected chi connectivity index (χ2v) is 4.24. The fourth-order valence-corrected chi connectivity index (χ4v) is 0.733. The first-order valence-corrected chi connectivity index (χ1v) is 4.07. The summed E-state index contributed by atoms with van der Waals surface area (Å²) in [5, 5.41) is 9.67. The van der Waals surface area contributed by atoms with Gasteiger partial charge in [0.2, 0.25) is 0 Å². The first kappa shape index (κ1) is 10.9. The molecular weight excluding hydrogens is 140 g/mol. The number of ether oxygens (including phenoxy) is 1. The molecule has 1 N–H and O–H groups in total. The maximum Gasteiger partial charge on any atom is 0.0910 e. The largest absolute Gasteiger partial charge is 0.387 e. The van der Waals surface area contributed by atoms with Crippen LogP contribution in [0.5, 0.6) is 0 Å². The van der Waals surface area contributed by atoms with E-state index in [9.17, 15) is 5.11 Å². The van der Waals surface area contributed by atoms with E-state index in [2.05, 4.69) is 0 Å². The van der Waals surface area contributed by atoms with E-state index in [4.69, 9.17) is 4.74 Å². The molecule has 0 saturated carbocycles. The van der Waals surface area contributed by atoms with Gasteiger partial charge in [-0.2, -0.15) is 0 Å². The average molecular weight is 160 g/mol. The van der Waals surface area contributed by atoms with Gasteiger partial charge in [-0.3, -0.25) is 0 Å². The van der Waals surface area contributed by atoms with Gasteiger partial charge in [-0.25, -0.2) is 0 Å². The van der Waals surface area contributed by atoms with Crippen LogP contribution in [0.4, 0.5) is 0 Å². The molecule has 0 aliphatic rings. The molecule has 0 bridgehead atoms. The Bertz CT molecular complexity index is 120. The fraction of sp³-hybridized carbons (Fsp3) is 1.00. The fourth-order valence-electron chi connectivity index (χ4n) is 0.733. The SMILES string of the molecule is CC(C)OC(C)(C)C(C)(C)O. The molecule has 0 heterocycles. The lowest BCUT2D eigenvalue weighted by molar-refractivity contribution is -0.166. The molecule has 0 saturated heterocycles. The van der Waals surface area contributed by atoms with Gasteiger partial charge in [0, 0.05) is 0 Å². The summed E-state index contributed by atoms with van der Waals surface area (Å²) in [5.74, 6) is 0. The van der Waals surface area contributed by atoms with E-state index in [1.807, 2.05) is 27.7 Å². The Morgan fingerprint density at radius 3 is 1.55 bits per heavy atom. The molecule has 0 atom stereocenters. The first-order valence-electron chi connectivity index (χ1n) is 4.07. The summed E-state index contributed by atoms with van der Waals surface area (Å²) in [7, 11) is 0. The summed E-state index contributed by atoms with van der Waals surface area (Å²) >= 11 is 0. The van der Waals surface area contributed by atoms with Gasteiger partial charge in [0.15, 0.2) is 0 Å². The van der Waals surface area contributed by atoms with Gasteiger partial charge < -0.3 is 9.84 Å². The molecule has 0 rings (SSSR count). The van der Waals surface area contributed by atoms with Crippen molar-refractivity contribution in [2.45, 2.75) is 58.8 Å². The van der Waals surface area contributed by atoms with Crippen LogP contribution in [-0.2, 0) is 4.74 Å². The van der Waals surface area contributed by atoms with Crippen molar-refractivity contribution < 1.29 is 9.84 Å². The lowest BCUT2D eigenvalue weighted by Gasteiger charge is -2.38. The van der Waals surface area contributed by atoms with Crippen molar-refractivity contribution in [2.75, 3.05) is 0 Å². The molecule has 0 radical (unpaired) electrons. The van der Waals surface area contributed by atoms with Gasteiger partial charge in [-0.15, -0.1) is 0 Å². The van der Waals surface area contributed by atoms with Crippen molar-refractivity contribution in [1.29, 1.82) is 0 Å². The molecular formula is C9H20O2. The maximum atomic E-state index is 9.67. The van der Waals surface area contributed by atoms with E-state index in [0.29, 0.717) is 0 Å². The van der Waals surface area contributed by atoms with Crippen LogP contribution in [0.15, 0.2) is 0 Å². The van der Waals surface area contributed by atoms with E-state index in [-0.39, 0.29) is 6.10 Å². The maximum absolute atomic E-state index is 9.67. The van der Waals surface area contributed by atoms with E-state index in [0.717, 1.165) is 0 Å². The quantitative estimate of drug-likeness (QED) is 0.684. The van der Waals surface area contributed by atoms with Crippen molar-refractivity contribution in [1.82, 2.24) is 0 Å². The standard InChI is InChI=1S/C9H20O2/c1-7(2)11-9(5,6)8(3,4)10/h7,10H,1-6H3. The lowest BCUT2D eigenvalue weighted by atomic mass is 9.89. The zero-order valence-corrected chi connectivity index (χ0v) is 8.43. The molecule has 2 heteroatoms. The third kappa shape index (κ3) is 3.21. The predicted octanol–water partition coefficient (Wildman–Crippen LogP) is 1.96. The minimum atomic E-state index is -0.794. The van der Waals surface area contributed by atoms with Crippen molar-refractivity contribution in [3.8, 4) is 0 Å². The molecule has 0 aromatic carbocycles. The summed E-state index contributed by atoms with van der Waals surface area (Å²) < 4.78 is 5.55. The smallest absolute Gasteiger partial charge is 0.0910 e. The molecule has 0 amide bonds. The molecule has 68 valence electrons. The van der Waals surface area contributed by atoms with Crippen LogP contribution in [0.2, 0.25) is 0 Å². The minimum Gasteiger partial charge on any atom is -0.387 e. The molecule has 0 fully saturated rings. The third-order valence-corrected chi connectivity index (χ3v) is 2.00. The van der Waals surface area contributed by atoms with Crippen LogP contribution < -0.4 is 0 Å². The van der Waals surface area contributed by atoms with Gasteiger partial charge in [0.1, 0.15) is 0 Å². The monoisotopic (exact) mass is 160 g/mol. The van der Waals surface area contributed by atoms with E-state index < -0.39 is 11.2 Å². The normalized spacial score (nSPS) is 14.2. The Kier molecular flexibility index (Phi) is 3.09. The van der Waals surface area contributed by atoms with E-state index >= 15 is 0 Å². The van der Waals surface area contributed by atoms with Gasteiger partial charge >= 0.3 is 0 Å². The zero-order chi connectivity index (χ0) is 9.28. The Hall–Kier alpha value is -0.0800. The summed E-state index contributed by atoms with van der Waals surface area (Å²) in [6.45, 7) is 11.2. The molecule has 11 heavy (non-hydrogen) atoms. The van der Waals surface area contributed by atoms with Gasteiger partial charge in [0.05, 0.1) is 17.3 Å². The molecule has 0 aromatic heterocycles. The van der Waals surface area contributed by atoms with Gasteiger partial charge in [-0.05, 0) is 41.5 Å². The predicted molar refractivity (Wildman–Crippen MR) is 46.6 cm³/mol. The van der Waals surface area contributed by atoms with Crippen LogP contribution in [0.1, 0.15) is 41.5 Å². The molecule has 0 aliphatic heterocycles. The molecule has 0 aliphatic carbocycles. The molecule has 0 unspecified atom stereocenters. The number of hydrogen-bond acceptors (Lipinski definition) is 2. The van der Waals surface area contributed by atoms with Crippen LogP contribution in [-0.4, -0.2) is 22.4 Å². The summed E-state index contributed by atoms with van der Waals surface area (Å²) in [6, 6.07) is 0. The number of hydrogen-bond donors (Lipinski definition) is 1. The van der Waals surface area contributed by atoms with E-state index in [1.54, 1.807) is 13.8 Å². The zero-order valence-electron chi connectivity index (χ0n) is 8.43. The Balaban J connectivity index is 4.22. The second-order valence-electron chi connectivity index (χ2n) is 4.24. The van der Waals surface area contributed by atoms with Crippen molar-refractivity contribution >= 4 is 0 Å². The highest BCUT2D eigenvalue weighted by Crippen LogP contribution is 2.26. The van der Waals surface area contributed by atoms with Crippen LogP contribution in [0.25, 0.3) is 0 Å². The van der Waals surface area contributed by atoms with Crippen molar-refractivity contribution in [3.05, 3.63) is 0 Å². The van der Waals surface area contributed by atoms with Gasteiger partial charge in [0.25, 0.3) is 0 Å². The Morgan fingerprint density at radius 1 is 1.09 bits per heavy atom. The molecule has 2 nitrogen and oxygen atoms in total. The number of rotatable bonds is 3. The van der Waals surface area contributed by atoms with Crippen LogP contribution in [0, 0.1) is 0 Å². The summed E-state index contributed by atoms with van der Waals surface area (Å²) in [6.07, 6.45) is 0.149. The number of aliphatic hydroxyl groups is 1. The Morgan fingerprint density at radius 2 is 1.45 bits per heavy atom. The highest BCUT2D eigenvalue weighted by atomic mass is 16.5. The topological polar surface area (TPSA) is 29.5 Å². The summed E-state index contributed by atoms with van der Waals surface area (Å²) in [4.78, 5) is 0. The van der Waals surface area contributed by atoms with Crippen molar-refractivity contribution in [2.24, 2.45) is 0 Å². The summed E-state index contributed by atoms with van der Waals surface area (Å²) in [5.41, 5.74) is -1.28. The highest BCUT2D eigenvalue weighted by molar-refractivity contribution is 4.87. The third-order valence-electron chi connectivity index (χ3n) is 2.00. The van der Waals surface area contributed by atoms with Gasteiger partial charge in [-0.1, -0.05) is 0 Å². The van der Waals surface area contributed by atoms with Crippen molar-refractivity contribution in [3.63, 3.8) is 0 Å². The van der Waals surface area contributed by atoms with E-state index in [1.165, 1.54) is 0 Å². The average Bonchev–Trinajstić information content (AvgIpc) is 1.56.